The fourth-order valence-corrected chi connectivity index (χ4v) is 2.43. The highest BCUT2D eigenvalue weighted by molar-refractivity contribution is 7.09. The van der Waals surface area contributed by atoms with Gasteiger partial charge in [0.1, 0.15) is 6.04 Å². The van der Waals surface area contributed by atoms with Gasteiger partial charge in [0.25, 0.3) is 0 Å². The number of halogens is 1. The van der Waals surface area contributed by atoms with E-state index in [-0.39, 0.29) is 24.9 Å². The van der Waals surface area contributed by atoms with Gasteiger partial charge in [-0.15, -0.1) is 23.7 Å². The number of carboxylic acids is 1. The van der Waals surface area contributed by atoms with Crippen molar-refractivity contribution in [2.24, 2.45) is 0 Å². The minimum atomic E-state index is -0.907. The van der Waals surface area contributed by atoms with E-state index >= 15 is 0 Å². The van der Waals surface area contributed by atoms with Gasteiger partial charge in [0.2, 0.25) is 5.91 Å². The SMILES string of the molecule is CCCC(NCC(=O)N(C)Cc1cccs1)C(=O)O.Cl. The predicted octanol–water partition coefficient (Wildman–Crippen LogP) is 1.97. The fraction of sp³-hybridized carbons (Fsp3) is 0.538. The molecule has 0 spiro atoms. The van der Waals surface area contributed by atoms with Gasteiger partial charge in [-0.25, -0.2) is 0 Å². The van der Waals surface area contributed by atoms with Crippen molar-refractivity contribution in [3.05, 3.63) is 22.4 Å². The molecule has 1 atom stereocenters. The third-order valence-electron chi connectivity index (χ3n) is 2.77. The van der Waals surface area contributed by atoms with E-state index in [4.69, 9.17) is 5.11 Å². The lowest BCUT2D eigenvalue weighted by Crippen LogP contribution is -2.43. The molecule has 0 saturated carbocycles. The van der Waals surface area contributed by atoms with Crippen LogP contribution in [0.25, 0.3) is 0 Å². The molecule has 114 valence electrons. The number of rotatable bonds is 8. The lowest BCUT2D eigenvalue weighted by atomic mass is 10.1. The van der Waals surface area contributed by atoms with Gasteiger partial charge in [0, 0.05) is 11.9 Å². The molecule has 1 unspecified atom stereocenters. The summed E-state index contributed by atoms with van der Waals surface area (Å²) >= 11 is 1.60. The number of nitrogens with one attached hydrogen (secondary N) is 1. The summed E-state index contributed by atoms with van der Waals surface area (Å²) in [7, 11) is 1.72. The normalized spacial score (nSPS) is 11.5. The molecule has 0 aliphatic heterocycles. The first-order chi connectivity index (χ1) is 9.04. The zero-order chi connectivity index (χ0) is 14.3. The highest BCUT2D eigenvalue weighted by Gasteiger charge is 2.18. The van der Waals surface area contributed by atoms with E-state index in [9.17, 15) is 9.59 Å². The number of thiophene rings is 1. The van der Waals surface area contributed by atoms with Gasteiger partial charge in [-0.3, -0.25) is 14.9 Å². The number of amides is 1. The number of carbonyl (C=O) groups is 2. The lowest BCUT2D eigenvalue weighted by molar-refractivity contribution is -0.140. The summed E-state index contributed by atoms with van der Waals surface area (Å²) in [6, 6.07) is 3.26. The summed E-state index contributed by atoms with van der Waals surface area (Å²) in [5.74, 6) is -1.01. The Balaban J connectivity index is 0.00000361. The first-order valence-corrected chi connectivity index (χ1v) is 7.15. The van der Waals surface area contributed by atoms with Gasteiger partial charge in [-0.2, -0.15) is 0 Å². The number of carboxylic acid groups (broad SMARTS) is 1. The van der Waals surface area contributed by atoms with E-state index in [1.165, 1.54) is 0 Å². The molecule has 0 radical (unpaired) electrons. The van der Waals surface area contributed by atoms with Crippen LogP contribution in [-0.4, -0.2) is 41.5 Å². The minimum absolute atomic E-state index is 0. The van der Waals surface area contributed by atoms with Crippen LogP contribution in [0.4, 0.5) is 0 Å². The molecule has 1 amide bonds. The second-order valence-corrected chi connectivity index (χ2v) is 5.42. The van der Waals surface area contributed by atoms with Crippen molar-refractivity contribution >= 4 is 35.6 Å². The number of hydrogen-bond acceptors (Lipinski definition) is 4. The van der Waals surface area contributed by atoms with Crippen LogP contribution < -0.4 is 5.32 Å². The maximum Gasteiger partial charge on any atom is 0.320 e. The minimum Gasteiger partial charge on any atom is -0.480 e. The van der Waals surface area contributed by atoms with E-state index < -0.39 is 12.0 Å². The third-order valence-corrected chi connectivity index (χ3v) is 3.64. The molecule has 0 aromatic carbocycles. The highest BCUT2D eigenvalue weighted by Crippen LogP contribution is 2.10. The monoisotopic (exact) mass is 320 g/mol. The molecule has 0 fully saturated rings. The van der Waals surface area contributed by atoms with E-state index in [0.29, 0.717) is 13.0 Å². The summed E-state index contributed by atoms with van der Waals surface area (Å²) in [4.78, 5) is 25.5. The van der Waals surface area contributed by atoms with Gasteiger partial charge < -0.3 is 10.0 Å². The molecule has 1 aromatic rings. The topological polar surface area (TPSA) is 69.6 Å². The van der Waals surface area contributed by atoms with Gasteiger partial charge in [0.15, 0.2) is 0 Å². The van der Waals surface area contributed by atoms with Gasteiger partial charge in [-0.05, 0) is 17.9 Å². The Hall–Kier alpha value is -1.11. The Labute approximate surface area is 129 Å². The van der Waals surface area contributed by atoms with Crippen LogP contribution in [0.2, 0.25) is 0 Å². The Morgan fingerprint density at radius 2 is 2.20 bits per heavy atom. The molecule has 7 heteroatoms. The van der Waals surface area contributed by atoms with Crippen LogP contribution in [0.1, 0.15) is 24.6 Å². The second-order valence-electron chi connectivity index (χ2n) is 4.39. The first kappa shape index (κ1) is 18.9. The van der Waals surface area contributed by atoms with Crippen molar-refractivity contribution < 1.29 is 14.7 Å². The highest BCUT2D eigenvalue weighted by atomic mass is 35.5. The molecule has 20 heavy (non-hydrogen) atoms. The predicted molar refractivity (Wildman–Crippen MR) is 82.4 cm³/mol. The molecule has 0 aliphatic rings. The number of likely N-dealkylation sites (N-methyl/N-ethyl adjacent to an activating group) is 1. The van der Waals surface area contributed by atoms with Crippen LogP contribution in [-0.2, 0) is 16.1 Å². The summed E-state index contributed by atoms with van der Waals surface area (Å²) in [6.07, 6.45) is 1.29. The van der Waals surface area contributed by atoms with Crippen molar-refractivity contribution in [3.8, 4) is 0 Å². The quantitative estimate of drug-likeness (QED) is 0.768. The second kappa shape index (κ2) is 9.74. The number of hydrogen-bond donors (Lipinski definition) is 2. The molecular formula is C13H21ClN2O3S. The third kappa shape index (κ3) is 6.36. The van der Waals surface area contributed by atoms with Crippen molar-refractivity contribution in [1.82, 2.24) is 10.2 Å². The van der Waals surface area contributed by atoms with Crippen LogP contribution in [0.15, 0.2) is 17.5 Å². The maximum atomic E-state index is 11.9. The average Bonchev–Trinajstić information content (AvgIpc) is 2.86. The largest absolute Gasteiger partial charge is 0.480 e. The molecule has 2 N–H and O–H groups in total. The van der Waals surface area contributed by atoms with E-state index in [2.05, 4.69) is 5.32 Å². The summed E-state index contributed by atoms with van der Waals surface area (Å²) in [5.41, 5.74) is 0. The van der Waals surface area contributed by atoms with E-state index in [1.807, 2.05) is 24.4 Å². The lowest BCUT2D eigenvalue weighted by Gasteiger charge is -2.19. The molecule has 1 rings (SSSR count). The summed E-state index contributed by atoms with van der Waals surface area (Å²) in [5, 5.41) is 13.7. The number of aliphatic carboxylic acids is 1. The van der Waals surface area contributed by atoms with Crippen LogP contribution in [0.3, 0.4) is 0 Å². The number of nitrogens with zero attached hydrogens (tertiary/aromatic N) is 1. The smallest absolute Gasteiger partial charge is 0.320 e. The Bertz CT molecular complexity index is 412. The Morgan fingerprint density at radius 1 is 1.50 bits per heavy atom. The molecule has 0 aliphatic carbocycles. The van der Waals surface area contributed by atoms with Crippen molar-refractivity contribution in [3.63, 3.8) is 0 Å². The van der Waals surface area contributed by atoms with Crippen molar-refractivity contribution in [1.29, 1.82) is 0 Å². The Kier molecular flexibility index (Phi) is 9.20. The molecule has 5 nitrogen and oxygen atoms in total. The van der Waals surface area contributed by atoms with Gasteiger partial charge >= 0.3 is 5.97 Å². The molecule has 1 heterocycles. The maximum absolute atomic E-state index is 11.9. The van der Waals surface area contributed by atoms with Crippen molar-refractivity contribution in [2.45, 2.75) is 32.4 Å². The molecule has 1 aromatic heterocycles. The summed E-state index contributed by atoms with van der Waals surface area (Å²) in [6.45, 7) is 2.53. The van der Waals surface area contributed by atoms with Crippen LogP contribution in [0, 0.1) is 0 Å². The van der Waals surface area contributed by atoms with Crippen molar-refractivity contribution in [2.75, 3.05) is 13.6 Å². The van der Waals surface area contributed by atoms with Crippen LogP contribution in [0.5, 0.6) is 0 Å². The van der Waals surface area contributed by atoms with Crippen LogP contribution >= 0.6 is 23.7 Å². The zero-order valence-electron chi connectivity index (χ0n) is 11.7. The standard InChI is InChI=1S/C13H20N2O3S.ClH/c1-3-5-11(13(17)18)14-8-12(16)15(2)9-10-6-4-7-19-10;/h4,6-7,11,14H,3,5,8-9H2,1-2H3,(H,17,18);1H. The first-order valence-electron chi connectivity index (χ1n) is 6.27. The fourth-order valence-electron chi connectivity index (χ4n) is 1.67. The number of carbonyl (C=O) groups excluding carboxylic acids is 1. The zero-order valence-corrected chi connectivity index (χ0v) is 13.3. The van der Waals surface area contributed by atoms with Gasteiger partial charge in [0.05, 0.1) is 13.1 Å². The molecular weight excluding hydrogens is 300 g/mol. The van der Waals surface area contributed by atoms with E-state index in [1.54, 1.807) is 23.3 Å². The molecule has 0 saturated heterocycles. The van der Waals surface area contributed by atoms with Gasteiger partial charge in [-0.1, -0.05) is 19.4 Å². The van der Waals surface area contributed by atoms with E-state index in [0.717, 1.165) is 11.3 Å². The molecule has 0 bridgehead atoms. The average molecular weight is 321 g/mol. The Morgan fingerprint density at radius 3 is 2.70 bits per heavy atom. The summed E-state index contributed by atoms with van der Waals surface area (Å²) < 4.78 is 0.